The summed E-state index contributed by atoms with van der Waals surface area (Å²) in [5.74, 6) is 1.68. The van der Waals surface area contributed by atoms with Crippen LogP contribution < -0.4 is 5.19 Å². The van der Waals surface area contributed by atoms with Gasteiger partial charge in [0.05, 0.1) is 12.2 Å². The van der Waals surface area contributed by atoms with Crippen molar-refractivity contribution in [3.05, 3.63) is 64.7 Å². The number of hydrogen-bond acceptors (Lipinski definition) is 4. The van der Waals surface area contributed by atoms with E-state index in [4.69, 9.17) is 9.47 Å². The van der Waals surface area contributed by atoms with Crippen LogP contribution in [0.2, 0.25) is 19.6 Å². The Morgan fingerprint density at radius 2 is 1.45 bits per heavy atom. The maximum atomic E-state index is 6.07. The number of thioether (sulfide) groups is 2. The molecule has 2 aromatic carbocycles. The van der Waals surface area contributed by atoms with Gasteiger partial charge in [0.2, 0.25) is 0 Å². The van der Waals surface area contributed by atoms with Crippen molar-refractivity contribution in [2.45, 2.75) is 48.8 Å². The molecule has 4 bridgehead atoms. The molecule has 2 aromatic rings. The van der Waals surface area contributed by atoms with Crippen LogP contribution in [0.4, 0.5) is 0 Å². The molecular formula is C24H32O2S2Si. The zero-order valence-electron chi connectivity index (χ0n) is 18.2. The van der Waals surface area contributed by atoms with E-state index in [0.29, 0.717) is 0 Å². The fraction of sp³-hybridized carbons (Fsp3) is 0.500. The summed E-state index contributed by atoms with van der Waals surface area (Å²) in [6.45, 7) is 7.30. The minimum Gasteiger partial charge on any atom is -0.349 e. The largest absolute Gasteiger partial charge is 0.349 e. The second kappa shape index (κ2) is 8.08. The quantitative estimate of drug-likeness (QED) is 0.459. The summed E-state index contributed by atoms with van der Waals surface area (Å²) in [6.07, 6.45) is 3.09. The molecule has 0 N–H and O–H groups in total. The van der Waals surface area contributed by atoms with Crippen LogP contribution >= 0.6 is 23.5 Å². The molecule has 2 nitrogen and oxygen atoms in total. The van der Waals surface area contributed by atoms with Crippen LogP contribution in [0.25, 0.3) is 0 Å². The first kappa shape index (κ1) is 21.5. The van der Waals surface area contributed by atoms with Gasteiger partial charge in [0.25, 0.3) is 0 Å². The van der Waals surface area contributed by atoms with Crippen LogP contribution in [0.5, 0.6) is 0 Å². The van der Waals surface area contributed by atoms with Crippen molar-refractivity contribution < 1.29 is 9.47 Å². The predicted octanol–water partition coefficient (Wildman–Crippen LogP) is 5.50. The van der Waals surface area contributed by atoms with Crippen LogP contribution in [-0.4, -0.2) is 33.8 Å². The Morgan fingerprint density at radius 3 is 2.07 bits per heavy atom. The van der Waals surface area contributed by atoms with Gasteiger partial charge in [-0.1, -0.05) is 61.2 Å². The fourth-order valence-corrected chi connectivity index (χ4v) is 9.06. The maximum absolute atomic E-state index is 6.07. The zero-order valence-corrected chi connectivity index (χ0v) is 20.8. The van der Waals surface area contributed by atoms with Gasteiger partial charge >= 0.3 is 0 Å². The monoisotopic (exact) mass is 444 g/mol. The summed E-state index contributed by atoms with van der Waals surface area (Å²) < 4.78 is 12.2. The Labute approximate surface area is 185 Å². The van der Waals surface area contributed by atoms with E-state index in [-0.39, 0.29) is 4.08 Å². The molecule has 1 spiro atoms. The normalized spacial score (nSPS) is 20.4. The van der Waals surface area contributed by atoms with Crippen LogP contribution in [0.15, 0.2) is 42.5 Å². The van der Waals surface area contributed by atoms with Crippen molar-refractivity contribution in [2.75, 3.05) is 25.7 Å². The lowest BCUT2D eigenvalue weighted by atomic mass is 9.90. The summed E-state index contributed by atoms with van der Waals surface area (Å²) in [5, 5.41) is 1.52. The van der Waals surface area contributed by atoms with Crippen LogP contribution in [0.3, 0.4) is 0 Å². The van der Waals surface area contributed by atoms with Gasteiger partial charge < -0.3 is 9.47 Å². The lowest BCUT2D eigenvalue weighted by Gasteiger charge is -2.40. The molecule has 156 valence electrons. The second-order valence-corrected chi connectivity index (χ2v) is 17.3. The molecule has 29 heavy (non-hydrogen) atoms. The van der Waals surface area contributed by atoms with Gasteiger partial charge in [0.1, 0.15) is 0 Å². The Balaban J connectivity index is 1.95. The molecule has 1 fully saturated rings. The lowest BCUT2D eigenvalue weighted by molar-refractivity contribution is -0.215. The average Bonchev–Trinajstić information content (AvgIpc) is 2.71. The molecular weight excluding hydrogens is 412 g/mol. The van der Waals surface area contributed by atoms with E-state index >= 15 is 0 Å². The summed E-state index contributed by atoms with van der Waals surface area (Å²) in [5.41, 5.74) is 5.28. The van der Waals surface area contributed by atoms with Gasteiger partial charge in [-0.25, -0.2) is 0 Å². The van der Waals surface area contributed by atoms with E-state index in [9.17, 15) is 0 Å². The highest BCUT2D eigenvalue weighted by Gasteiger charge is 2.40. The molecule has 0 amide bonds. The number of rotatable bonds is 3. The average molecular weight is 445 g/mol. The van der Waals surface area contributed by atoms with Crippen LogP contribution in [0, 0.1) is 0 Å². The van der Waals surface area contributed by atoms with Crippen molar-refractivity contribution >= 4 is 36.8 Å². The SMILES string of the molecule is COC1(OC)Cc2cc(cc([Si](C)(C)C)c2)CC2(SCCCS2)c2cccc1c2. The Bertz CT molecular complexity index is 881. The standard InChI is InChI=1S/C24H32O2S2Si/c1-25-23(26-2)16-18-12-19(14-22(13-18)29(3,4)5)17-24(27-10-7-11-28-24)21-9-6-8-20(23)15-21/h6,8-9,12-15H,7,10-11,16-17H2,1-5H3. The first-order valence-electron chi connectivity index (χ1n) is 10.4. The van der Waals surface area contributed by atoms with Crippen molar-refractivity contribution in [3.63, 3.8) is 0 Å². The van der Waals surface area contributed by atoms with E-state index < -0.39 is 13.9 Å². The molecule has 2 aliphatic rings. The summed E-state index contributed by atoms with van der Waals surface area (Å²) in [7, 11) is 2.10. The second-order valence-electron chi connectivity index (χ2n) is 9.19. The van der Waals surface area contributed by atoms with E-state index in [1.165, 1.54) is 39.8 Å². The topological polar surface area (TPSA) is 18.5 Å². The predicted molar refractivity (Wildman–Crippen MR) is 130 cm³/mol. The Hall–Kier alpha value is -0.723. The van der Waals surface area contributed by atoms with Crippen molar-refractivity contribution in [3.8, 4) is 0 Å². The van der Waals surface area contributed by atoms with Gasteiger partial charge in [-0.2, -0.15) is 0 Å². The number of hydrogen-bond donors (Lipinski definition) is 0. The molecule has 5 heteroatoms. The Kier molecular flexibility index (Phi) is 5.99. The number of methoxy groups -OCH3 is 2. The highest BCUT2D eigenvalue weighted by atomic mass is 32.2. The number of ether oxygens (including phenoxy) is 2. The third-order valence-electron chi connectivity index (χ3n) is 6.15. The van der Waals surface area contributed by atoms with Crippen LogP contribution in [0.1, 0.15) is 28.7 Å². The summed E-state index contributed by atoms with van der Waals surface area (Å²) in [6, 6.07) is 16.3. The van der Waals surface area contributed by atoms with Gasteiger partial charge in [-0.15, -0.1) is 23.5 Å². The summed E-state index contributed by atoms with van der Waals surface area (Å²) >= 11 is 4.24. The van der Waals surface area contributed by atoms with Crippen molar-refractivity contribution in [1.29, 1.82) is 0 Å². The Morgan fingerprint density at radius 1 is 0.828 bits per heavy atom. The third-order valence-corrected chi connectivity index (χ3v) is 11.6. The van der Waals surface area contributed by atoms with E-state index in [2.05, 4.69) is 85.6 Å². The minimum atomic E-state index is -1.44. The van der Waals surface area contributed by atoms with Gasteiger partial charge in [-0.3, -0.25) is 0 Å². The van der Waals surface area contributed by atoms with Crippen molar-refractivity contribution in [2.24, 2.45) is 0 Å². The van der Waals surface area contributed by atoms with Crippen LogP contribution in [-0.2, 0) is 32.2 Å². The van der Waals surface area contributed by atoms with Gasteiger partial charge in [-0.05, 0) is 40.7 Å². The molecule has 1 saturated heterocycles. The molecule has 0 atom stereocenters. The third kappa shape index (κ3) is 4.09. The first-order chi connectivity index (χ1) is 13.8. The fourth-order valence-electron chi connectivity index (χ4n) is 4.44. The van der Waals surface area contributed by atoms with E-state index in [1.54, 1.807) is 14.2 Å². The van der Waals surface area contributed by atoms with Gasteiger partial charge in [0, 0.05) is 32.6 Å². The molecule has 0 aromatic heterocycles. The molecule has 1 heterocycles. The minimum absolute atomic E-state index is 0.0636. The molecule has 0 unspecified atom stereocenters. The molecule has 0 saturated carbocycles. The lowest BCUT2D eigenvalue weighted by Crippen LogP contribution is -2.40. The highest BCUT2D eigenvalue weighted by molar-refractivity contribution is 8.18. The smallest absolute Gasteiger partial charge is 0.198 e. The summed E-state index contributed by atoms with van der Waals surface area (Å²) in [4.78, 5) is 0. The molecule has 1 aliphatic heterocycles. The number of benzene rings is 2. The zero-order chi connectivity index (χ0) is 20.7. The van der Waals surface area contributed by atoms with Crippen molar-refractivity contribution in [1.82, 2.24) is 0 Å². The molecule has 1 aliphatic carbocycles. The van der Waals surface area contributed by atoms with Gasteiger partial charge in [0.15, 0.2) is 5.79 Å². The molecule has 0 radical (unpaired) electrons. The van der Waals surface area contributed by atoms with E-state index in [0.717, 1.165) is 18.4 Å². The number of fused-ring (bicyclic) bond motifs is 5. The highest BCUT2D eigenvalue weighted by Crippen LogP contribution is 2.53. The molecule has 4 rings (SSSR count). The maximum Gasteiger partial charge on any atom is 0.198 e. The first-order valence-corrected chi connectivity index (χ1v) is 15.9. The van der Waals surface area contributed by atoms with E-state index in [1.807, 2.05) is 0 Å².